The van der Waals surface area contributed by atoms with Crippen LogP contribution in [0.3, 0.4) is 0 Å². The Kier molecular flexibility index (Phi) is 6.07. The van der Waals surface area contributed by atoms with Crippen molar-refractivity contribution in [1.29, 1.82) is 0 Å². The van der Waals surface area contributed by atoms with Gasteiger partial charge in [-0.25, -0.2) is 18.3 Å². The van der Waals surface area contributed by atoms with E-state index in [1.807, 2.05) is 6.07 Å². The van der Waals surface area contributed by atoms with Crippen molar-refractivity contribution in [3.63, 3.8) is 0 Å². The number of nitrogens with zero attached hydrogens (tertiary/aromatic N) is 6. The molecule has 2 N–H and O–H groups in total. The molecule has 1 saturated carbocycles. The van der Waals surface area contributed by atoms with E-state index in [-0.39, 0.29) is 23.5 Å². The molecule has 0 radical (unpaired) electrons. The van der Waals surface area contributed by atoms with E-state index in [0.29, 0.717) is 35.7 Å². The van der Waals surface area contributed by atoms with Crippen molar-refractivity contribution in [2.24, 2.45) is 11.8 Å². The maximum atomic E-state index is 13.9. The van der Waals surface area contributed by atoms with Crippen molar-refractivity contribution in [2.75, 3.05) is 23.4 Å². The van der Waals surface area contributed by atoms with Crippen LogP contribution in [0.1, 0.15) is 75.9 Å². The van der Waals surface area contributed by atoms with Crippen molar-refractivity contribution >= 4 is 17.2 Å². The van der Waals surface area contributed by atoms with E-state index in [2.05, 4.69) is 34.3 Å². The Hall–Kier alpha value is -2.79. The molecule has 11 heteroatoms. The van der Waals surface area contributed by atoms with Crippen LogP contribution < -0.4 is 10.2 Å². The molecule has 3 aromatic heterocycles. The number of aliphatic hydroxyl groups excluding tert-OH is 1. The maximum Gasteiger partial charge on any atom is 0.284 e. The molecule has 2 bridgehead atoms. The van der Waals surface area contributed by atoms with Gasteiger partial charge in [0.05, 0.1) is 42.2 Å². The molecule has 3 aliphatic rings. The maximum absolute atomic E-state index is 13.9. The molecule has 0 aromatic carbocycles. The second-order valence-corrected chi connectivity index (χ2v) is 10.7. The molecule has 1 unspecified atom stereocenters. The lowest BCUT2D eigenvalue weighted by Crippen LogP contribution is -2.37. The van der Waals surface area contributed by atoms with Crippen molar-refractivity contribution in [2.45, 2.75) is 76.8 Å². The van der Waals surface area contributed by atoms with E-state index >= 15 is 0 Å². The number of fused-ring (bicyclic) bond motifs is 3. The molecular weight excluding hydrogens is 468 g/mol. The zero-order valence-electron chi connectivity index (χ0n) is 20.6. The van der Waals surface area contributed by atoms with Crippen molar-refractivity contribution < 1.29 is 18.6 Å². The topological polar surface area (TPSA) is 92.7 Å². The van der Waals surface area contributed by atoms with Crippen LogP contribution in [0.2, 0.25) is 0 Å². The fourth-order valence-electron chi connectivity index (χ4n) is 6.03. The summed E-state index contributed by atoms with van der Waals surface area (Å²) in [5, 5.41) is 22.4. The van der Waals surface area contributed by atoms with Crippen molar-refractivity contribution in [1.82, 2.24) is 24.4 Å². The lowest BCUT2D eigenvalue weighted by molar-refractivity contribution is 0.0989. The zero-order chi connectivity index (χ0) is 25.0. The Morgan fingerprint density at radius 2 is 1.97 bits per heavy atom. The first-order chi connectivity index (χ1) is 17.4. The molecule has 3 atom stereocenters. The summed E-state index contributed by atoms with van der Waals surface area (Å²) in [6.07, 6.45) is 6.09. The predicted octanol–water partition coefficient (Wildman–Crippen LogP) is 4.33. The van der Waals surface area contributed by atoms with E-state index in [9.17, 15) is 13.9 Å². The highest BCUT2D eigenvalue weighted by atomic mass is 19.3. The lowest BCUT2D eigenvalue weighted by Gasteiger charge is -2.30. The highest BCUT2D eigenvalue weighted by Gasteiger charge is 2.39. The number of hydrogen-bond acceptors (Lipinski definition) is 7. The van der Waals surface area contributed by atoms with E-state index in [1.165, 1.54) is 6.20 Å². The Labute approximate surface area is 208 Å². The van der Waals surface area contributed by atoms with Crippen LogP contribution in [0.4, 0.5) is 20.3 Å². The van der Waals surface area contributed by atoms with Gasteiger partial charge < -0.3 is 20.1 Å². The molecule has 3 aromatic rings. The standard InChI is InChI=1S/C25H33F2N7O2/c1-14(2)15-3-5-16(6-4-15)34-12-20(22(31-34)23(26)27)29-25(35)19-10-28-33-8-7-21(30-24(19)33)32-11-18-9-17(32)13-36-18/h7-8,10,12,14-18,23,25,29,35H,3-6,9,11,13H2,1-2H3/t15?,16?,17-,18-,25?/m0/s1. The highest BCUT2D eigenvalue weighted by Crippen LogP contribution is 2.38. The summed E-state index contributed by atoms with van der Waals surface area (Å²) in [6.45, 7) is 5.94. The summed E-state index contributed by atoms with van der Waals surface area (Å²) >= 11 is 0. The molecule has 5 heterocycles. The van der Waals surface area contributed by atoms with Gasteiger partial charge in [0.1, 0.15) is 5.82 Å². The van der Waals surface area contributed by atoms with E-state index < -0.39 is 12.7 Å². The number of hydrogen-bond donors (Lipinski definition) is 2. The highest BCUT2D eigenvalue weighted by molar-refractivity contribution is 5.57. The average Bonchev–Trinajstić information content (AvgIpc) is 3.66. The van der Waals surface area contributed by atoms with Gasteiger partial charge in [-0.15, -0.1) is 0 Å². The molecule has 9 nitrogen and oxygen atoms in total. The van der Waals surface area contributed by atoms with Crippen molar-refractivity contribution in [3.8, 4) is 0 Å². The van der Waals surface area contributed by atoms with Crippen LogP contribution in [0.15, 0.2) is 24.7 Å². The Balaban J connectivity index is 1.22. The lowest BCUT2D eigenvalue weighted by atomic mass is 9.80. The van der Waals surface area contributed by atoms with Gasteiger partial charge in [-0.2, -0.15) is 10.2 Å². The van der Waals surface area contributed by atoms with Gasteiger partial charge in [0, 0.05) is 18.9 Å². The van der Waals surface area contributed by atoms with Crippen LogP contribution in [-0.4, -0.2) is 54.8 Å². The molecule has 194 valence electrons. The number of halogens is 2. The molecule has 0 spiro atoms. The molecule has 1 aliphatic carbocycles. The number of alkyl halides is 2. The van der Waals surface area contributed by atoms with E-state index in [0.717, 1.165) is 44.5 Å². The fraction of sp³-hybridized carbons (Fsp3) is 0.640. The van der Waals surface area contributed by atoms with Gasteiger partial charge in [0.15, 0.2) is 17.6 Å². The first kappa shape index (κ1) is 23.6. The Bertz CT molecular complexity index is 1220. The summed E-state index contributed by atoms with van der Waals surface area (Å²) in [6, 6.07) is 2.29. The smallest absolute Gasteiger partial charge is 0.284 e. The van der Waals surface area contributed by atoms with Gasteiger partial charge in [-0.3, -0.25) is 4.68 Å². The largest absolute Gasteiger partial charge is 0.374 e. The van der Waals surface area contributed by atoms with Crippen LogP contribution in [-0.2, 0) is 4.74 Å². The van der Waals surface area contributed by atoms with E-state index in [1.54, 1.807) is 21.6 Å². The van der Waals surface area contributed by atoms with Gasteiger partial charge in [0.25, 0.3) is 6.43 Å². The van der Waals surface area contributed by atoms with Crippen LogP contribution in [0, 0.1) is 11.8 Å². The third-order valence-corrected chi connectivity index (χ3v) is 8.19. The second kappa shape index (κ2) is 9.26. The SMILES string of the molecule is CC(C)C1CCC(n2cc(NC(O)c3cnn4ccc(N5C[C@@H]6C[C@H]5CO6)nc34)c(C(F)F)n2)CC1. The van der Waals surface area contributed by atoms with Crippen LogP contribution in [0.5, 0.6) is 0 Å². The monoisotopic (exact) mass is 501 g/mol. The Morgan fingerprint density at radius 3 is 2.64 bits per heavy atom. The quantitative estimate of drug-likeness (QED) is 0.466. The predicted molar refractivity (Wildman–Crippen MR) is 130 cm³/mol. The van der Waals surface area contributed by atoms with Gasteiger partial charge in [0.2, 0.25) is 0 Å². The first-order valence-corrected chi connectivity index (χ1v) is 12.9. The fourth-order valence-corrected chi connectivity index (χ4v) is 6.03. The minimum atomic E-state index is -2.76. The average molecular weight is 502 g/mol. The van der Waals surface area contributed by atoms with Gasteiger partial charge >= 0.3 is 0 Å². The second-order valence-electron chi connectivity index (χ2n) is 10.7. The number of ether oxygens (including phenoxy) is 1. The molecule has 0 amide bonds. The summed E-state index contributed by atoms with van der Waals surface area (Å²) in [7, 11) is 0. The number of morpholine rings is 1. The summed E-state index contributed by atoms with van der Waals surface area (Å²) in [4.78, 5) is 6.98. The molecule has 2 saturated heterocycles. The van der Waals surface area contributed by atoms with Crippen LogP contribution >= 0.6 is 0 Å². The minimum absolute atomic E-state index is 0.0890. The number of aliphatic hydroxyl groups is 1. The first-order valence-electron chi connectivity index (χ1n) is 12.9. The normalized spacial score (nSPS) is 27.0. The molecular formula is C25H33F2N7O2. The summed E-state index contributed by atoms with van der Waals surface area (Å²) in [5.74, 6) is 2.09. The third kappa shape index (κ3) is 4.21. The number of rotatable bonds is 7. The van der Waals surface area contributed by atoms with Crippen LogP contribution in [0.25, 0.3) is 5.65 Å². The molecule has 36 heavy (non-hydrogen) atoms. The van der Waals surface area contributed by atoms with Gasteiger partial charge in [-0.1, -0.05) is 13.8 Å². The molecule has 2 aliphatic heterocycles. The Morgan fingerprint density at radius 1 is 1.17 bits per heavy atom. The number of nitrogens with one attached hydrogen (secondary N) is 1. The van der Waals surface area contributed by atoms with Gasteiger partial charge in [-0.05, 0) is 50.0 Å². The third-order valence-electron chi connectivity index (χ3n) is 8.19. The van der Waals surface area contributed by atoms with Crippen molar-refractivity contribution in [3.05, 3.63) is 35.9 Å². The summed E-state index contributed by atoms with van der Waals surface area (Å²) in [5.41, 5.74) is 0.684. The molecule has 6 rings (SSSR count). The minimum Gasteiger partial charge on any atom is -0.374 e. The molecule has 3 fully saturated rings. The zero-order valence-corrected chi connectivity index (χ0v) is 20.6. The summed E-state index contributed by atoms with van der Waals surface area (Å²) < 4.78 is 36.7. The van der Waals surface area contributed by atoms with E-state index in [4.69, 9.17) is 9.72 Å². The number of aromatic nitrogens is 5. The number of anilines is 2.